The molecule has 17 heavy (non-hydrogen) atoms. The molecule has 1 aliphatic rings. The van der Waals surface area contributed by atoms with Gasteiger partial charge in [0.15, 0.2) is 0 Å². The molecule has 1 aromatic carbocycles. The summed E-state index contributed by atoms with van der Waals surface area (Å²) in [5, 5.41) is 1.30. The van der Waals surface area contributed by atoms with Crippen molar-refractivity contribution in [3.8, 4) is 0 Å². The molecule has 2 rings (SSSR count). The topological polar surface area (TPSA) is 0 Å². The summed E-state index contributed by atoms with van der Waals surface area (Å²) >= 11 is 15.8. The minimum Gasteiger partial charge on any atom is -0.0884 e. The molecule has 0 aromatic heterocycles. The van der Waals surface area contributed by atoms with Crippen LogP contribution in [-0.2, 0) is 6.42 Å². The Balaban J connectivity index is 1.96. The van der Waals surface area contributed by atoms with E-state index in [1.165, 1.54) is 37.7 Å². The van der Waals surface area contributed by atoms with E-state index in [1.807, 2.05) is 12.1 Å². The minimum atomic E-state index is 0.569. The smallest absolute Gasteiger partial charge is 0.0595 e. The van der Waals surface area contributed by atoms with Crippen LogP contribution in [0.25, 0.3) is 0 Å². The Hall–Kier alpha value is 0.280. The zero-order chi connectivity index (χ0) is 12.3. The van der Waals surface area contributed by atoms with Crippen LogP contribution < -0.4 is 0 Å². The Kier molecular flexibility index (Phi) is 5.20. The fourth-order valence-electron chi connectivity index (χ4n) is 2.55. The molecule has 1 aromatic rings. The van der Waals surface area contributed by atoms with Crippen molar-refractivity contribution in [3.05, 3.63) is 33.8 Å². The molecule has 0 aliphatic heterocycles. The predicted molar refractivity (Wildman–Crippen MR) is 79.5 cm³/mol. The van der Waals surface area contributed by atoms with Crippen LogP contribution in [-0.4, -0.2) is 4.83 Å². The van der Waals surface area contributed by atoms with Gasteiger partial charge in [-0.15, -0.1) is 0 Å². The molecule has 94 valence electrons. The molecule has 0 amide bonds. The monoisotopic (exact) mass is 334 g/mol. The lowest BCUT2D eigenvalue weighted by atomic mass is 9.85. The molecule has 3 heteroatoms. The van der Waals surface area contributed by atoms with Crippen molar-refractivity contribution in [2.75, 3.05) is 0 Å². The summed E-state index contributed by atoms with van der Waals surface area (Å²) in [6.07, 6.45) is 7.93. The summed E-state index contributed by atoms with van der Waals surface area (Å²) in [5.41, 5.74) is 1.27. The van der Waals surface area contributed by atoms with Crippen molar-refractivity contribution in [3.63, 3.8) is 0 Å². The third-order valence-corrected chi connectivity index (χ3v) is 5.39. The normalized spacial score (nSPS) is 19.2. The van der Waals surface area contributed by atoms with E-state index in [0.717, 1.165) is 12.3 Å². The summed E-state index contributed by atoms with van der Waals surface area (Å²) in [6.45, 7) is 0. The highest BCUT2D eigenvalue weighted by atomic mass is 79.9. The summed E-state index contributed by atoms with van der Waals surface area (Å²) in [4.78, 5) is 0.569. The van der Waals surface area contributed by atoms with Crippen molar-refractivity contribution in [1.82, 2.24) is 0 Å². The zero-order valence-electron chi connectivity index (χ0n) is 9.76. The van der Waals surface area contributed by atoms with Gasteiger partial charge in [0, 0.05) is 4.83 Å². The maximum Gasteiger partial charge on any atom is 0.0595 e. The number of halogens is 3. The SMILES string of the molecule is Clc1ccc(CC(Br)C2CCCCC2)cc1Cl. The van der Waals surface area contributed by atoms with E-state index in [-0.39, 0.29) is 0 Å². The summed E-state index contributed by atoms with van der Waals surface area (Å²) in [5.74, 6) is 0.818. The van der Waals surface area contributed by atoms with E-state index < -0.39 is 0 Å². The third kappa shape index (κ3) is 3.87. The van der Waals surface area contributed by atoms with Crippen molar-refractivity contribution in [2.45, 2.75) is 43.4 Å². The van der Waals surface area contributed by atoms with E-state index in [2.05, 4.69) is 22.0 Å². The number of rotatable bonds is 3. The highest BCUT2D eigenvalue weighted by Crippen LogP contribution is 2.32. The fraction of sp³-hybridized carbons (Fsp3) is 0.571. The molecule has 0 nitrogen and oxygen atoms in total. The third-order valence-electron chi connectivity index (χ3n) is 3.58. The first kappa shape index (κ1) is 13.7. The average Bonchev–Trinajstić information content (AvgIpc) is 2.35. The van der Waals surface area contributed by atoms with Crippen LogP contribution in [0.3, 0.4) is 0 Å². The van der Waals surface area contributed by atoms with Gasteiger partial charge < -0.3 is 0 Å². The molecule has 0 saturated heterocycles. The lowest BCUT2D eigenvalue weighted by Crippen LogP contribution is -2.19. The van der Waals surface area contributed by atoms with E-state index >= 15 is 0 Å². The van der Waals surface area contributed by atoms with Gasteiger partial charge in [0.1, 0.15) is 0 Å². The lowest BCUT2D eigenvalue weighted by molar-refractivity contribution is 0.350. The standard InChI is InChI=1S/C14H17BrCl2/c15-12(11-4-2-1-3-5-11)8-10-6-7-13(16)14(17)9-10/h6-7,9,11-12H,1-5,8H2. The van der Waals surface area contributed by atoms with Crippen molar-refractivity contribution >= 4 is 39.1 Å². The predicted octanol–water partition coefficient (Wildman–Crippen LogP) is 5.88. The maximum atomic E-state index is 6.04. The van der Waals surface area contributed by atoms with Crippen LogP contribution in [0, 0.1) is 5.92 Å². The van der Waals surface area contributed by atoms with Gasteiger partial charge in [-0.1, -0.05) is 64.5 Å². The van der Waals surface area contributed by atoms with Gasteiger partial charge in [-0.2, -0.15) is 0 Å². The quantitative estimate of drug-likeness (QED) is 0.605. The average molecular weight is 336 g/mol. The first-order chi connectivity index (χ1) is 8.16. The van der Waals surface area contributed by atoms with Crippen LogP contribution in [0.15, 0.2) is 18.2 Å². The van der Waals surface area contributed by atoms with Crippen molar-refractivity contribution in [1.29, 1.82) is 0 Å². The van der Waals surface area contributed by atoms with Crippen LogP contribution in [0.5, 0.6) is 0 Å². The highest BCUT2D eigenvalue weighted by Gasteiger charge is 2.21. The largest absolute Gasteiger partial charge is 0.0884 e. The van der Waals surface area contributed by atoms with Crippen LogP contribution in [0.2, 0.25) is 10.0 Å². The molecule has 0 heterocycles. The number of benzene rings is 1. The first-order valence-corrected chi connectivity index (χ1v) is 7.92. The Morgan fingerprint density at radius 1 is 1.12 bits per heavy atom. The summed E-state index contributed by atoms with van der Waals surface area (Å²) < 4.78 is 0. The fourth-order valence-corrected chi connectivity index (χ4v) is 3.78. The Morgan fingerprint density at radius 3 is 2.47 bits per heavy atom. The van der Waals surface area contributed by atoms with E-state index in [4.69, 9.17) is 23.2 Å². The molecule has 1 saturated carbocycles. The van der Waals surface area contributed by atoms with E-state index in [0.29, 0.717) is 14.9 Å². The Labute approximate surface area is 122 Å². The lowest BCUT2D eigenvalue weighted by Gasteiger charge is -2.26. The molecule has 1 fully saturated rings. The molecular formula is C14H17BrCl2. The van der Waals surface area contributed by atoms with E-state index in [9.17, 15) is 0 Å². The molecule has 1 aliphatic carbocycles. The van der Waals surface area contributed by atoms with Gasteiger partial charge in [-0.25, -0.2) is 0 Å². The molecular weight excluding hydrogens is 319 g/mol. The van der Waals surface area contributed by atoms with Crippen molar-refractivity contribution in [2.24, 2.45) is 5.92 Å². The van der Waals surface area contributed by atoms with Gasteiger partial charge in [-0.05, 0) is 42.9 Å². The Bertz CT molecular complexity index is 372. The van der Waals surface area contributed by atoms with E-state index in [1.54, 1.807) is 0 Å². The van der Waals surface area contributed by atoms with Gasteiger partial charge in [0.2, 0.25) is 0 Å². The highest BCUT2D eigenvalue weighted by molar-refractivity contribution is 9.09. The van der Waals surface area contributed by atoms with Gasteiger partial charge in [0.25, 0.3) is 0 Å². The summed E-state index contributed by atoms with van der Waals surface area (Å²) in [6, 6.07) is 5.95. The van der Waals surface area contributed by atoms with Crippen LogP contribution in [0.1, 0.15) is 37.7 Å². The van der Waals surface area contributed by atoms with Crippen LogP contribution in [0.4, 0.5) is 0 Å². The number of hydrogen-bond donors (Lipinski definition) is 0. The Morgan fingerprint density at radius 2 is 1.82 bits per heavy atom. The second-order valence-electron chi connectivity index (χ2n) is 4.87. The molecule has 0 N–H and O–H groups in total. The minimum absolute atomic E-state index is 0.569. The molecule has 1 atom stereocenters. The molecule has 1 unspecified atom stereocenters. The second kappa shape index (κ2) is 6.45. The molecule has 0 bridgehead atoms. The zero-order valence-corrected chi connectivity index (χ0v) is 12.9. The van der Waals surface area contributed by atoms with Gasteiger partial charge in [-0.3, -0.25) is 0 Å². The number of alkyl halides is 1. The molecule has 0 radical (unpaired) electrons. The van der Waals surface area contributed by atoms with Crippen molar-refractivity contribution < 1.29 is 0 Å². The summed E-state index contributed by atoms with van der Waals surface area (Å²) in [7, 11) is 0. The second-order valence-corrected chi connectivity index (χ2v) is 6.86. The van der Waals surface area contributed by atoms with Crippen LogP contribution >= 0.6 is 39.1 Å². The van der Waals surface area contributed by atoms with Gasteiger partial charge in [0.05, 0.1) is 10.0 Å². The first-order valence-electron chi connectivity index (χ1n) is 6.25. The maximum absolute atomic E-state index is 6.04. The van der Waals surface area contributed by atoms with Gasteiger partial charge >= 0.3 is 0 Å². The molecule has 0 spiro atoms. The number of hydrogen-bond acceptors (Lipinski definition) is 0.